The van der Waals surface area contributed by atoms with Gasteiger partial charge < -0.3 is 5.73 Å². The van der Waals surface area contributed by atoms with Gasteiger partial charge in [-0.05, 0) is 39.7 Å². The lowest BCUT2D eigenvalue weighted by atomic mass is 10.2. The fraction of sp³-hybridized carbons (Fsp3) is 0.0909. The van der Waals surface area contributed by atoms with Crippen molar-refractivity contribution in [2.75, 3.05) is 0 Å². The molecule has 1 aromatic carbocycles. The van der Waals surface area contributed by atoms with E-state index in [-0.39, 0.29) is 0 Å². The van der Waals surface area contributed by atoms with Crippen LogP contribution in [0.15, 0.2) is 51.2 Å². The second-order valence-electron chi connectivity index (χ2n) is 3.12. The highest BCUT2D eigenvalue weighted by Crippen LogP contribution is 2.32. The van der Waals surface area contributed by atoms with Crippen LogP contribution in [0, 0.1) is 0 Å². The van der Waals surface area contributed by atoms with Gasteiger partial charge in [-0.3, -0.25) is 0 Å². The highest BCUT2D eigenvalue weighted by molar-refractivity contribution is 9.10. The van der Waals surface area contributed by atoms with E-state index < -0.39 is 0 Å². The number of hydrogen-bond donors (Lipinski definition) is 1. The molecule has 2 N–H and O–H groups in total. The summed E-state index contributed by atoms with van der Waals surface area (Å²) in [7, 11) is 0. The Hall–Kier alpha value is -0.910. The van der Waals surface area contributed by atoms with Gasteiger partial charge in [-0.1, -0.05) is 17.8 Å². The van der Waals surface area contributed by atoms with Gasteiger partial charge in [0.05, 0.1) is 0 Å². The first-order valence-electron chi connectivity index (χ1n) is 4.72. The van der Waals surface area contributed by atoms with Crippen molar-refractivity contribution >= 4 is 27.7 Å². The van der Waals surface area contributed by atoms with Crippen LogP contribution in [0.25, 0.3) is 0 Å². The average molecular weight is 296 g/mol. The minimum absolute atomic E-state index is 0.553. The fourth-order valence-electron chi connectivity index (χ4n) is 1.21. The first kappa shape index (κ1) is 11.6. The highest BCUT2D eigenvalue weighted by Gasteiger charge is 2.03. The van der Waals surface area contributed by atoms with Gasteiger partial charge in [0.2, 0.25) is 0 Å². The van der Waals surface area contributed by atoms with Crippen molar-refractivity contribution in [1.29, 1.82) is 0 Å². The topological polar surface area (TPSA) is 51.8 Å². The quantitative estimate of drug-likeness (QED) is 0.885. The van der Waals surface area contributed by atoms with Crippen LogP contribution in [-0.4, -0.2) is 9.97 Å². The van der Waals surface area contributed by atoms with E-state index in [9.17, 15) is 0 Å². The normalized spacial score (nSPS) is 10.4. The Kier molecular flexibility index (Phi) is 3.93. The Labute approximate surface area is 107 Å². The lowest BCUT2D eigenvalue weighted by molar-refractivity contribution is 1.04. The maximum absolute atomic E-state index is 5.57. The van der Waals surface area contributed by atoms with E-state index in [0.29, 0.717) is 6.54 Å². The van der Waals surface area contributed by atoms with Gasteiger partial charge in [0.15, 0.2) is 0 Å². The van der Waals surface area contributed by atoms with Gasteiger partial charge in [-0.2, -0.15) is 0 Å². The Morgan fingerprint density at radius 3 is 2.81 bits per heavy atom. The molecule has 0 aliphatic carbocycles. The van der Waals surface area contributed by atoms with E-state index in [2.05, 4.69) is 25.9 Å². The minimum Gasteiger partial charge on any atom is -0.326 e. The average Bonchev–Trinajstić information content (AvgIpc) is 2.33. The van der Waals surface area contributed by atoms with Crippen molar-refractivity contribution < 1.29 is 0 Å². The lowest BCUT2D eigenvalue weighted by Gasteiger charge is -2.05. The zero-order valence-corrected chi connectivity index (χ0v) is 10.8. The SMILES string of the molecule is NCc1ccc(Sc2ccncn2)c(Br)c1. The number of hydrogen-bond acceptors (Lipinski definition) is 4. The molecule has 0 radical (unpaired) electrons. The summed E-state index contributed by atoms with van der Waals surface area (Å²) in [6.45, 7) is 0.553. The Balaban J connectivity index is 2.22. The summed E-state index contributed by atoms with van der Waals surface area (Å²) in [6.07, 6.45) is 3.28. The molecule has 16 heavy (non-hydrogen) atoms. The molecule has 0 amide bonds. The smallest absolute Gasteiger partial charge is 0.116 e. The van der Waals surface area contributed by atoms with Crippen LogP contribution >= 0.6 is 27.7 Å². The van der Waals surface area contributed by atoms with Gasteiger partial charge in [0, 0.05) is 22.1 Å². The molecule has 0 fully saturated rings. The molecular formula is C11H10BrN3S. The number of nitrogens with zero attached hydrogens (tertiary/aromatic N) is 2. The third-order valence-electron chi connectivity index (χ3n) is 2.00. The van der Waals surface area contributed by atoms with Gasteiger partial charge in [0.1, 0.15) is 11.4 Å². The van der Waals surface area contributed by atoms with Crippen LogP contribution < -0.4 is 5.73 Å². The second kappa shape index (κ2) is 5.43. The summed E-state index contributed by atoms with van der Waals surface area (Å²) in [6, 6.07) is 7.98. The van der Waals surface area contributed by atoms with Crippen LogP contribution in [0.5, 0.6) is 0 Å². The molecule has 5 heteroatoms. The first-order chi connectivity index (χ1) is 7.79. The molecule has 1 heterocycles. The molecule has 0 bridgehead atoms. The molecule has 1 aromatic heterocycles. The van der Waals surface area contributed by atoms with E-state index in [4.69, 9.17) is 5.73 Å². The lowest BCUT2D eigenvalue weighted by Crippen LogP contribution is -1.95. The molecule has 0 unspecified atom stereocenters. The summed E-state index contributed by atoms with van der Waals surface area (Å²) in [5, 5.41) is 0.927. The molecule has 3 nitrogen and oxygen atoms in total. The van der Waals surface area contributed by atoms with Gasteiger partial charge in [0.25, 0.3) is 0 Å². The van der Waals surface area contributed by atoms with Crippen molar-refractivity contribution in [2.24, 2.45) is 5.73 Å². The Bertz CT molecular complexity index is 476. The molecule has 0 spiro atoms. The molecule has 0 aliphatic rings. The molecule has 2 aromatic rings. The number of rotatable bonds is 3. The van der Waals surface area contributed by atoms with Crippen LogP contribution in [0.1, 0.15) is 5.56 Å². The van der Waals surface area contributed by atoms with Crippen molar-refractivity contribution in [3.63, 3.8) is 0 Å². The summed E-state index contributed by atoms with van der Waals surface area (Å²) in [4.78, 5) is 9.17. The minimum atomic E-state index is 0.553. The third-order valence-corrected chi connectivity index (χ3v) is 3.95. The van der Waals surface area contributed by atoms with Crippen LogP contribution in [0.3, 0.4) is 0 Å². The molecule has 0 saturated heterocycles. The standard InChI is InChI=1S/C11H10BrN3S/c12-9-5-8(6-13)1-2-10(9)16-11-3-4-14-7-15-11/h1-5,7H,6,13H2. The van der Waals surface area contributed by atoms with Crippen molar-refractivity contribution in [1.82, 2.24) is 9.97 Å². The van der Waals surface area contributed by atoms with Crippen molar-refractivity contribution in [3.05, 3.63) is 46.8 Å². The van der Waals surface area contributed by atoms with E-state index in [1.165, 1.54) is 0 Å². The largest absolute Gasteiger partial charge is 0.326 e. The van der Waals surface area contributed by atoms with Crippen molar-refractivity contribution in [3.8, 4) is 0 Å². The van der Waals surface area contributed by atoms with Gasteiger partial charge >= 0.3 is 0 Å². The predicted molar refractivity (Wildman–Crippen MR) is 68.2 cm³/mol. The third kappa shape index (κ3) is 2.81. The number of benzene rings is 1. The molecule has 0 saturated carbocycles. The number of halogens is 1. The fourth-order valence-corrected chi connectivity index (χ4v) is 2.62. The zero-order chi connectivity index (χ0) is 11.4. The van der Waals surface area contributed by atoms with E-state index in [0.717, 1.165) is 20.0 Å². The molecule has 0 atom stereocenters. The number of nitrogens with two attached hydrogens (primary N) is 1. The summed E-state index contributed by atoms with van der Waals surface area (Å²) >= 11 is 5.12. The van der Waals surface area contributed by atoms with E-state index in [1.807, 2.05) is 24.3 Å². The predicted octanol–water partition coefficient (Wildman–Crippen LogP) is 2.85. The Morgan fingerprint density at radius 2 is 2.19 bits per heavy atom. The molecule has 0 aliphatic heterocycles. The summed E-state index contributed by atoms with van der Waals surface area (Å²) in [5.41, 5.74) is 6.68. The number of aromatic nitrogens is 2. The van der Waals surface area contributed by atoms with Crippen LogP contribution in [0.4, 0.5) is 0 Å². The zero-order valence-electron chi connectivity index (χ0n) is 8.43. The Morgan fingerprint density at radius 1 is 1.31 bits per heavy atom. The van der Waals surface area contributed by atoms with Crippen LogP contribution in [-0.2, 0) is 6.54 Å². The van der Waals surface area contributed by atoms with E-state index >= 15 is 0 Å². The van der Waals surface area contributed by atoms with Crippen molar-refractivity contribution in [2.45, 2.75) is 16.5 Å². The monoisotopic (exact) mass is 295 g/mol. The first-order valence-corrected chi connectivity index (χ1v) is 6.33. The summed E-state index contributed by atoms with van der Waals surface area (Å²) < 4.78 is 1.04. The molecular weight excluding hydrogens is 286 g/mol. The van der Waals surface area contributed by atoms with Gasteiger partial charge in [-0.25, -0.2) is 9.97 Å². The maximum atomic E-state index is 5.57. The highest BCUT2D eigenvalue weighted by atomic mass is 79.9. The van der Waals surface area contributed by atoms with E-state index in [1.54, 1.807) is 24.3 Å². The van der Waals surface area contributed by atoms with Crippen LogP contribution in [0.2, 0.25) is 0 Å². The maximum Gasteiger partial charge on any atom is 0.116 e. The molecule has 82 valence electrons. The second-order valence-corrected chi connectivity index (χ2v) is 5.04. The summed E-state index contributed by atoms with van der Waals surface area (Å²) in [5.74, 6) is 0. The molecule has 2 rings (SSSR count). The van der Waals surface area contributed by atoms with Gasteiger partial charge in [-0.15, -0.1) is 0 Å².